The lowest BCUT2D eigenvalue weighted by Gasteiger charge is -2.13. The predicted molar refractivity (Wildman–Crippen MR) is 119 cm³/mol. The van der Waals surface area contributed by atoms with E-state index < -0.39 is 22.9 Å². The number of hydrogen-bond donors (Lipinski definition) is 0. The Kier molecular flexibility index (Phi) is 5.61. The van der Waals surface area contributed by atoms with Gasteiger partial charge in [0.2, 0.25) is 0 Å². The molecule has 0 radical (unpaired) electrons. The molecule has 0 aliphatic carbocycles. The molecule has 2 aromatic carbocycles. The SMILES string of the molecule is C=CCn1c(=O)c2c(ncn2Cc2c(F)cccc2F)n(-c2ccc(C(C)C)cc2)c1=O. The van der Waals surface area contributed by atoms with Gasteiger partial charge in [-0.3, -0.25) is 9.36 Å². The van der Waals surface area contributed by atoms with E-state index in [2.05, 4.69) is 25.4 Å². The third kappa shape index (κ3) is 3.57. The molecule has 0 N–H and O–H groups in total. The third-order valence-electron chi connectivity index (χ3n) is 5.42. The minimum absolute atomic E-state index is 0.0169. The van der Waals surface area contributed by atoms with Crippen molar-refractivity contribution in [3.63, 3.8) is 0 Å². The first-order valence-corrected chi connectivity index (χ1v) is 10.2. The van der Waals surface area contributed by atoms with Gasteiger partial charge in [-0.1, -0.05) is 38.1 Å². The highest BCUT2D eigenvalue weighted by molar-refractivity contribution is 5.72. The van der Waals surface area contributed by atoms with E-state index in [-0.39, 0.29) is 29.8 Å². The van der Waals surface area contributed by atoms with Crippen molar-refractivity contribution in [2.45, 2.75) is 32.9 Å². The van der Waals surface area contributed by atoms with Gasteiger partial charge in [-0.05, 0) is 35.7 Å². The van der Waals surface area contributed by atoms with Crippen molar-refractivity contribution >= 4 is 11.2 Å². The van der Waals surface area contributed by atoms with Crippen LogP contribution in [0.5, 0.6) is 0 Å². The monoisotopic (exact) mass is 436 g/mol. The van der Waals surface area contributed by atoms with E-state index in [9.17, 15) is 18.4 Å². The fraction of sp³-hybridized carbons (Fsp3) is 0.208. The summed E-state index contributed by atoms with van der Waals surface area (Å²) in [6.45, 7) is 7.48. The smallest absolute Gasteiger partial charge is 0.320 e. The van der Waals surface area contributed by atoms with Crippen molar-refractivity contribution in [3.8, 4) is 5.69 Å². The van der Waals surface area contributed by atoms with Crippen LogP contribution < -0.4 is 11.2 Å². The molecule has 0 unspecified atom stereocenters. The van der Waals surface area contributed by atoms with Gasteiger partial charge in [0, 0.05) is 12.1 Å². The summed E-state index contributed by atoms with van der Waals surface area (Å²) in [5.41, 5.74) is 0.454. The molecule has 2 aromatic heterocycles. The zero-order chi connectivity index (χ0) is 23.0. The number of hydrogen-bond acceptors (Lipinski definition) is 3. The Morgan fingerprint density at radius 2 is 1.72 bits per heavy atom. The molecule has 2 heterocycles. The normalized spacial score (nSPS) is 11.4. The number of halogens is 2. The minimum atomic E-state index is -0.726. The molecule has 0 fully saturated rings. The van der Waals surface area contributed by atoms with Crippen molar-refractivity contribution in [3.05, 3.63) is 105 Å². The van der Waals surface area contributed by atoms with Crippen LogP contribution in [0, 0.1) is 11.6 Å². The fourth-order valence-electron chi connectivity index (χ4n) is 3.68. The van der Waals surface area contributed by atoms with Crippen LogP contribution in [0.1, 0.15) is 30.9 Å². The van der Waals surface area contributed by atoms with E-state index >= 15 is 0 Å². The molecule has 0 saturated heterocycles. The van der Waals surface area contributed by atoms with E-state index in [1.165, 1.54) is 27.6 Å². The minimum Gasteiger partial charge on any atom is -0.320 e. The Hall–Kier alpha value is -3.81. The van der Waals surface area contributed by atoms with Crippen LogP contribution in [-0.4, -0.2) is 18.7 Å². The molecule has 0 spiro atoms. The Bertz CT molecular complexity index is 1410. The highest BCUT2D eigenvalue weighted by Crippen LogP contribution is 2.20. The van der Waals surface area contributed by atoms with Crippen molar-refractivity contribution in [2.75, 3.05) is 0 Å². The second-order valence-electron chi connectivity index (χ2n) is 7.81. The van der Waals surface area contributed by atoms with Gasteiger partial charge < -0.3 is 4.57 Å². The summed E-state index contributed by atoms with van der Waals surface area (Å²) in [5, 5.41) is 0. The van der Waals surface area contributed by atoms with Gasteiger partial charge in [-0.2, -0.15) is 0 Å². The number of imidazole rings is 1. The third-order valence-corrected chi connectivity index (χ3v) is 5.42. The molecule has 6 nitrogen and oxygen atoms in total. The summed E-state index contributed by atoms with van der Waals surface area (Å²) >= 11 is 0. The van der Waals surface area contributed by atoms with Crippen molar-refractivity contribution in [2.24, 2.45) is 0 Å². The standard InChI is InChI=1S/C24H22F2N4O2/c1-4-12-29-23(31)21-22(27-14-28(21)13-18-19(25)6-5-7-20(18)26)30(24(29)32)17-10-8-16(9-11-17)15(2)3/h4-11,14-15H,1,12-13H2,2-3H3. The lowest BCUT2D eigenvalue weighted by molar-refractivity contribution is 0.546. The zero-order valence-corrected chi connectivity index (χ0v) is 17.8. The van der Waals surface area contributed by atoms with Gasteiger partial charge in [0.05, 0.1) is 18.6 Å². The van der Waals surface area contributed by atoms with Crippen molar-refractivity contribution in [1.29, 1.82) is 0 Å². The first-order valence-electron chi connectivity index (χ1n) is 10.2. The van der Waals surface area contributed by atoms with Gasteiger partial charge in [0.1, 0.15) is 11.6 Å². The average molecular weight is 436 g/mol. The molecule has 4 aromatic rings. The molecule has 32 heavy (non-hydrogen) atoms. The number of aromatic nitrogens is 4. The van der Waals surface area contributed by atoms with Gasteiger partial charge in [-0.25, -0.2) is 23.1 Å². The Balaban J connectivity index is 1.98. The predicted octanol–water partition coefficient (Wildman–Crippen LogP) is 3.98. The summed E-state index contributed by atoms with van der Waals surface area (Å²) in [7, 11) is 0. The first kappa shape index (κ1) is 21.4. The molecular formula is C24H22F2N4O2. The molecule has 8 heteroatoms. The highest BCUT2D eigenvalue weighted by Gasteiger charge is 2.20. The maximum Gasteiger partial charge on any atom is 0.337 e. The van der Waals surface area contributed by atoms with Crippen LogP contribution in [0.15, 0.2) is 71.0 Å². The quantitative estimate of drug-likeness (QED) is 0.430. The Morgan fingerprint density at radius 3 is 2.31 bits per heavy atom. The van der Waals surface area contributed by atoms with E-state index in [1.54, 1.807) is 12.1 Å². The van der Waals surface area contributed by atoms with Crippen molar-refractivity contribution < 1.29 is 8.78 Å². The molecule has 4 rings (SSSR count). The van der Waals surface area contributed by atoms with Crippen LogP contribution in [0.3, 0.4) is 0 Å². The first-order chi connectivity index (χ1) is 15.3. The summed E-state index contributed by atoms with van der Waals surface area (Å²) in [6.07, 6.45) is 2.76. The van der Waals surface area contributed by atoms with Crippen LogP contribution in [0.25, 0.3) is 16.9 Å². The maximum absolute atomic E-state index is 14.2. The summed E-state index contributed by atoms with van der Waals surface area (Å²) in [4.78, 5) is 30.6. The van der Waals surface area contributed by atoms with Gasteiger partial charge in [-0.15, -0.1) is 6.58 Å². The number of allylic oxidation sites excluding steroid dienone is 1. The number of fused-ring (bicyclic) bond motifs is 1. The van der Waals surface area contributed by atoms with Crippen LogP contribution in [-0.2, 0) is 13.1 Å². The maximum atomic E-state index is 14.2. The average Bonchev–Trinajstić information content (AvgIpc) is 3.18. The molecule has 0 aliphatic heterocycles. The number of benzene rings is 2. The summed E-state index contributed by atoms with van der Waals surface area (Å²) in [6, 6.07) is 11.0. The Labute approximate surface area is 182 Å². The largest absolute Gasteiger partial charge is 0.337 e. The lowest BCUT2D eigenvalue weighted by Crippen LogP contribution is -2.39. The van der Waals surface area contributed by atoms with Gasteiger partial charge in [0.25, 0.3) is 5.56 Å². The van der Waals surface area contributed by atoms with Crippen LogP contribution >= 0.6 is 0 Å². The molecule has 0 bridgehead atoms. The molecule has 0 aliphatic rings. The van der Waals surface area contributed by atoms with E-state index in [0.717, 1.165) is 22.3 Å². The lowest BCUT2D eigenvalue weighted by atomic mass is 10.0. The Morgan fingerprint density at radius 1 is 1.06 bits per heavy atom. The molecule has 0 amide bonds. The number of rotatable bonds is 6. The number of nitrogens with zero attached hydrogens (tertiary/aromatic N) is 4. The van der Waals surface area contributed by atoms with Gasteiger partial charge in [0.15, 0.2) is 11.2 Å². The second kappa shape index (κ2) is 8.37. The van der Waals surface area contributed by atoms with Crippen LogP contribution in [0.4, 0.5) is 8.78 Å². The molecule has 164 valence electrons. The molecular weight excluding hydrogens is 414 g/mol. The summed E-state index contributed by atoms with van der Waals surface area (Å²) < 4.78 is 32.2. The zero-order valence-electron chi connectivity index (χ0n) is 17.8. The van der Waals surface area contributed by atoms with Crippen molar-refractivity contribution in [1.82, 2.24) is 18.7 Å². The fourth-order valence-corrected chi connectivity index (χ4v) is 3.68. The van der Waals surface area contributed by atoms with Crippen LogP contribution in [0.2, 0.25) is 0 Å². The van der Waals surface area contributed by atoms with E-state index in [0.29, 0.717) is 11.6 Å². The second-order valence-corrected chi connectivity index (χ2v) is 7.81. The summed E-state index contributed by atoms with van der Waals surface area (Å²) in [5.74, 6) is -1.14. The van der Waals surface area contributed by atoms with E-state index in [1.807, 2.05) is 12.1 Å². The molecule has 0 atom stereocenters. The highest BCUT2D eigenvalue weighted by atomic mass is 19.1. The van der Waals surface area contributed by atoms with E-state index in [4.69, 9.17) is 0 Å². The topological polar surface area (TPSA) is 61.8 Å². The molecule has 0 saturated carbocycles. The van der Waals surface area contributed by atoms with Gasteiger partial charge >= 0.3 is 5.69 Å².